The summed E-state index contributed by atoms with van der Waals surface area (Å²) in [5, 5.41) is 12.7. The van der Waals surface area contributed by atoms with Gasteiger partial charge in [0.2, 0.25) is 5.91 Å². The molecule has 0 bridgehead atoms. The molecule has 2 heterocycles. The number of anilines is 1. The Hall–Kier alpha value is -2.28. The van der Waals surface area contributed by atoms with Crippen molar-refractivity contribution in [1.29, 1.82) is 0 Å². The minimum atomic E-state index is -0.719. The molecule has 2 aliphatic heterocycles. The van der Waals surface area contributed by atoms with Gasteiger partial charge >= 0.3 is 5.97 Å². The van der Waals surface area contributed by atoms with Crippen LogP contribution in [0.4, 0.5) is 5.69 Å². The van der Waals surface area contributed by atoms with Crippen LogP contribution in [-0.2, 0) is 9.59 Å². The Morgan fingerprint density at radius 2 is 2.04 bits per heavy atom. The lowest BCUT2D eigenvalue weighted by Crippen LogP contribution is -2.43. The first-order valence-electron chi connectivity index (χ1n) is 9.67. The van der Waals surface area contributed by atoms with Crippen LogP contribution in [0.5, 0.6) is 11.5 Å². The number of amides is 1. The van der Waals surface area contributed by atoms with Crippen molar-refractivity contribution in [3.05, 3.63) is 18.2 Å². The maximum Gasteiger partial charge on any atom is 0.311 e. The fraction of sp³-hybridized carbons (Fsp3) is 0.600. The van der Waals surface area contributed by atoms with Gasteiger partial charge in [-0.15, -0.1) is 0 Å². The van der Waals surface area contributed by atoms with Crippen LogP contribution in [0.2, 0.25) is 0 Å². The molecule has 1 amide bonds. The number of carbonyl (C=O) groups excluding carboxylic acids is 1. The minimum Gasteiger partial charge on any atom is -0.490 e. The number of nitrogens with one attached hydrogen (secondary N) is 1. The second-order valence-corrected chi connectivity index (χ2v) is 7.86. The van der Waals surface area contributed by atoms with E-state index in [-0.39, 0.29) is 17.9 Å². The zero-order chi connectivity index (χ0) is 19.0. The van der Waals surface area contributed by atoms with Gasteiger partial charge in [0, 0.05) is 31.3 Å². The Balaban J connectivity index is 1.43. The number of carbonyl (C=O) groups is 2. The van der Waals surface area contributed by atoms with E-state index in [0.29, 0.717) is 49.9 Å². The number of likely N-dealkylation sites (tertiary alicyclic amines) is 1. The Morgan fingerprint density at radius 1 is 1.26 bits per heavy atom. The molecule has 2 N–H and O–H groups in total. The molecule has 7 nitrogen and oxygen atoms in total. The third-order valence-electron chi connectivity index (χ3n) is 6.27. The lowest BCUT2D eigenvalue weighted by atomic mass is 9.81. The van der Waals surface area contributed by atoms with E-state index in [1.807, 2.05) is 11.8 Å². The Bertz CT molecular complexity index is 752. The van der Waals surface area contributed by atoms with Gasteiger partial charge < -0.3 is 19.9 Å². The van der Waals surface area contributed by atoms with Crippen molar-refractivity contribution in [2.45, 2.75) is 38.6 Å². The van der Waals surface area contributed by atoms with Crippen molar-refractivity contribution < 1.29 is 24.2 Å². The second kappa shape index (κ2) is 7.03. The molecule has 0 spiro atoms. The minimum absolute atomic E-state index is 0.134. The number of hydrogen-bond acceptors (Lipinski definition) is 5. The highest BCUT2D eigenvalue weighted by Gasteiger charge is 2.55. The first-order valence-corrected chi connectivity index (χ1v) is 9.67. The highest BCUT2D eigenvalue weighted by Crippen LogP contribution is 2.49. The van der Waals surface area contributed by atoms with Crippen molar-refractivity contribution in [3.63, 3.8) is 0 Å². The van der Waals surface area contributed by atoms with Gasteiger partial charge in [0.25, 0.3) is 0 Å². The first-order chi connectivity index (χ1) is 13.0. The van der Waals surface area contributed by atoms with E-state index in [9.17, 15) is 14.7 Å². The predicted molar refractivity (Wildman–Crippen MR) is 99.1 cm³/mol. The number of hydrogen-bond donors (Lipinski definition) is 2. The van der Waals surface area contributed by atoms with Crippen LogP contribution in [-0.4, -0.2) is 54.2 Å². The van der Waals surface area contributed by atoms with Crippen LogP contribution in [0.15, 0.2) is 18.2 Å². The molecule has 3 atom stereocenters. The summed E-state index contributed by atoms with van der Waals surface area (Å²) in [6, 6.07) is 5.00. The smallest absolute Gasteiger partial charge is 0.311 e. The SMILES string of the molecule is CC(C(=O)Nc1ccc2c(c1)OCCCO2)N1C[C@@H]2CCC[C@@]2(C(=O)O)C1. The van der Waals surface area contributed by atoms with Crippen LogP contribution >= 0.6 is 0 Å². The molecule has 0 aromatic heterocycles. The van der Waals surface area contributed by atoms with Gasteiger partial charge in [-0.25, -0.2) is 0 Å². The summed E-state index contributed by atoms with van der Waals surface area (Å²) in [6.45, 7) is 4.17. The van der Waals surface area contributed by atoms with Crippen LogP contribution in [0.1, 0.15) is 32.6 Å². The zero-order valence-corrected chi connectivity index (χ0v) is 15.6. The molecule has 1 saturated carbocycles. The number of nitrogens with zero attached hydrogens (tertiary/aromatic N) is 1. The Morgan fingerprint density at radius 3 is 2.78 bits per heavy atom. The van der Waals surface area contributed by atoms with E-state index in [2.05, 4.69) is 5.32 Å². The molecule has 1 unspecified atom stereocenters. The highest BCUT2D eigenvalue weighted by molar-refractivity contribution is 5.95. The molecular weight excluding hydrogens is 348 g/mol. The maximum atomic E-state index is 12.8. The fourth-order valence-corrected chi connectivity index (χ4v) is 4.63. The van der Waals surface area contributed by atoms with E-state index >= 15 is 0 Å². The van der Waals surface area contributed by atoms with E-state index in [0.717, 1.165) is 19.3 Å². The van der Waals surface area contributed by atoms with Gasteiger partial charge in [0.1, 0.15) is 0 Å². The van der Waals surface area contributed by atoms with E-state index in [1.54, 1.807) is 18.2 Å². The normalized spacial score (nSPS) is 28.3. The summed E-state index contributed by atoms with van der Waals surface area (Å²) in [6.07, 6.45) is 3.43. The van der Waals surface area contributed by atoms with Crippen molar-refractivity contribution in [2.24, 2.45) is 11.3 Å². The van der Waals surface area contributed by atoms with Gasteiger partial charge in [-0.2, -0.15) is 0 Å². The topological polar surface area (TPSA) is 88.1 Å². The van der Waals surface area contributed by atoms with Crippen molar-refractivity contribution in [3.8, 4) is 11.5 Å². The summed E-state index contributed by atoms with van der Waals surface area (Å²) in [5.41, 5.74) is -0.0208. The summed E-state index contributed by atoms with van der Waals surface area (Å²) in [4.78, 5) is 26.6. The number of carboxylic acids is 1. The number of benzene rings is 1. The standard InChI is InChI=1S/C20H26N2O5/c1-13(22-11-14-4-2-7-20(14,12-22)19(24)25)18(23)21-15-5-6-16-17(10-15)27-9-3-8-26-16/h5-6,10,13-14H,2-4,7-9,11-12H2,1H3,(H,21,23)(H,24,25)/t13?,14-,20+/m0/s1. The molecule has 7 heteroatoms. The van der Waals surface area contributed by atoms with Crippen molar-refractivity contribution in [1.82, 2.24) is 4.90 Å². The number of aliphatic carboxylic acids is 1. The molecule has 1 aromatic rings. The molecule has 1 aliphatic carbocycles. The van der Waals surface area contributed by atoms with Gasteiger partial charge in [-0.1, -0.05) is 6.42 Å². The predicted octanol–water partition coefficient (Wildman–Crippen LogP) is 2.36. The monoisotopic (exact) mass is 374 g/mol. The molecule has 4 rings (SSSR count). The van der Waals surface area contributed by atoms with Crippen LogP contribution in [0.25, 0.3) is 0 Å². The van der Waals surface area contributed by atoms with Gasteiger partial charge in [-0.05, 0) is 37.8 Å². The number of rotatable bonds is 4. The fourth-order valence-electron chi connectivity index (χ4n) is 4.63. The summed E-state index contributed by atoms with van der Waals surface area (Å²) in [5.74, 6) is 0.615. The Labute approximate surface area is 158 Å². The number of carboxylic acid groups (broad SMARTS) is 1. The zero-order valence-electron chi connectivity index (χ0n) is 15.6. The molecule has 1 aromatic carbocycles. The third kappa shape index (κ3) is 3.25. The summed E-state index contributed by atoms with van der Waals surface area (Å²) in [7, 11) is 0. The highest BCUT2D eigenvalue weighted by atomic mass is 16.5. The molecule has 2 fully saturated rings. The summed E-state index contributed by atoms with van der Waals surface area (Å²) >= 11 is 0. The average Bonchev–Trinajstić information content (AvgIpc) is 3.12. The Kier molecular flexibility index (Phi) is 4.72. The van der Waals surface area contributed by atoms with E-state index < -0.39 is 11.4 Å². The largest absolute Gasteiger partial charge is 0.490 e. The average molecular weight is 374 g/mol. The van der Waals surface area contributed by atoms with Crippen molar-refractivity contribution in [2.75, 3.05) is 31.6 Å². The lowest BCUT2D eigenvalue weighted by molar-refractivity contribution is -0.149. The van der Waals surface area contributed by atoms with Crippen LogP contribution < -0.4 is 14.8 Å². The van der Waals surface area contributed by atoms with Crippen LogP contribution in [0, 0.1) is 11.3 Å². The second-order valence-electron chi connectivity index (χ2n) is 7.86. The molecule has 146 valence electrons. The van der Waals surface area contributed by atoms with E-state index in [4.69, 9.17) is 9.47 Å². The summed E-state index contributed by atoms with van der Waals surface area (Å²) < 4.78 is 11.3. The molecule has 27 heavy (non-hydrogen) atoms. The quantitative estimate of drug-likeness (QED) is 0.841. The molecule has 1 saturated heterocycles. The molecule has 0 radical (unpaired) electrons. The lowest BCUT2D eigenvalue weighted by Gasteiger charge is -2.26. The van der Waals surface area contributed by atoms with E-state index in [1.165, 1.54) is 0 Å². The molecular formula is C20H26N2O5. The van der Waals surface area contributed by atoms with Gasteiger partial charge in [0.15, 0.2) is 11.5 Å². The van der Waals surface area contributed by atoms with Gasteiger partial charge in [-0.3, -0.25) is 14.5 Å². The number of fused-ring (bicyclic) bond motifs is 2. The molecule has 3 aliphatic rings. The maximum absolute atomic E-state index is 12.8. The first kappa shape index (κ1) is 18.1. The van der Waals surface area contributed by atoms with Crippen molar-refractivity contribution >= 4 is 17.6 Å². The van der Waals surface area contributed by atoms with Crippen LogP contribution in [0.3, 0.4) is 0 Å². The third-order valence-corrected chi connectivity index (χ3v) is 6.27. The number of ether oxygens (including phenoxy) is 2. The van der Waals surface area contributed by atoms with Gasteiger partial charge in [0.05, 0.1) is 24.7 Å².